The molecular weight excluding hydrogens is 515 g/mol. The topological polar surface area (TPSA) is 66.5 Å². The van der Waals surface area contributed by atoms with Gasteiger partial charge in [-0.3, -0.25) is 9.10 Å². The number of nitrogens with zero attached hydrogens (tertiary/aromatic N) is 1. The van der Waals surface area contributed by atoms with Crippen LogP contribution in [0.4, 0.5) is 5.69 Å². The molecule has 0 spiro atoms. The van der Waals surface area contributed by atoms with E-state index < -0.39 is 28.5 Å². The number of aryl methyl sites for hydroxylation is 1. The maximum absolute atomic E-state index is 13.6. The van der Waals surface area contributed by atoms with E-state index in [9.17, 15) is 13.2 Å². The Labute approximate surface area is 221 Å². The zero-order chi connectivity index (χ0) is 25.7. The molecular formula is C28H24Cl2N2O3S. The Kier molecular flexibility index (Phi) is 7.99. The molecule has 0 fully saturated rings. The first-order valence-electron chi connectivity index (χ1n) is 11.2. The summed E-state index contributed by atoms with van der Waals surface area (Å²) in [6.07, 6.45) is 0. The van der Waals surface area contributed by atoms with Gasteiger partial charge in [0.15, 0.2) is 0 Å². The summed E-state index contributed by atoms with van der Waals surface area (Å²) in [6.45, 7) is 1.50. The number of hydrogen-bond acceptors (Lipinski definition) is 3. The van der Waals surface area contributed by atoms with Gasteiger partial charge in [-0.15, -0.1) is 0 Å². The summed E-state index contributed by atoms with van der Waals surface area (Å²) in [5.74, 6) is -0.484. The smallest absolute Gasteiger partial charge is 0.264 e. The molecule has 0 heterocycles. The molecule has 0 aromatic heterocycles. The van der Waals surface area contributed by atoms with Gasteiger partial charge in [-0.2, -0.15) is 0 Å². The summed E-state index contributed by atoms with van der Waals surface area (Å²) in [5, 5.41) is 3.55. The van der Waals surface area contributed by atoms with E-state index in [2.05, 4.69) is 5.32 Å². The van der Waals surface area contributed by atoms with Crippen molar-refractivity contribution in [2.75, 3.05) is 10.8 Å². The fourth-order valence-electron chi connectivity index (χ4n) is 3.95. The largest absolute Gasteiger partial charge is 0.344 e. The van der Waals surface area contributed by atoms with Gasteiger partial charge in [0.2, 0.25) is 5.91 Å². The highest BCUT2D eigenvalue weighted by Gasteiger charge is 2.29. The lowest BCUT2D eigenvalue weighted by atomic mass is 9.95. The summed E-state index contributed by atoms with van der Waals surface area (Å²) < 4.78 is 28.3. The number of hydrogen-bond donors (Lipinski definition) is 1. The van der Waals surface area contributed by atoms with Crippen LogP contribution in [0, 0.1) is 6.92 Å². The van der Waals surface area contributed by atoms with Crippen LogP contribution in [0.1, 0.15) is 22.7 Å². The first-order valence-corrected chi connectivity index (χ1v) is 13.4. The van der Waals surface area contributed by atoms with E-state index in [0.717, 1.165) is 21.0 Å². The van der Waals surface area contributed by atoms with Gasteiger partial charge in [0, 0.05) is 10.0 Å². The van der Waals surface area contributed by atoms with Crippen molar-refractivity contribution in [1.29, 1.82) is 0 Å². The highest BCUT2D eigenvalue weighted by Crippen LogP contribution is 2.30. The maximum Gasteiger partial charge on any atom is 0.264 e. The van der Waals surface area contributed by atoms with Gasteiger partial charge in [0.1, 0.15) is 6.54 Å². The van der Waals surface area contributed by atoms with Crippen molar-refractivity contribution in [3.05, 3.63) is 130 Å². The third-order valence-electron chi connectivity index (χ3n) is 5.69. The van der Waals surface area contributed by atoms with Crippen LogP contribution in [-0.4, -0.2) is 20.9 Å². The minimum Gasteiger partial charge on any atom is -0.344 e. The highest BCUT2D eigenvalue weighted by atomic mass is 35.5. The van der Waals surface area contributed by atoms with Crippen molar-refractivity contribution in [2.24, 2.45) is 0 Å². The summed E-state index contributed by atoms with van der Waals surface area (Å²) >= 11 is 12.4. The molecule has 1 atom stereocenters. The van der Waals surface area contributed by atoms with E-state index in [4.69, 9.17) is 23.2 Å². The second-order valence-corrected chi connectivity index (χ2v) is 11.0. The third-order valence-corrected chi connectivity index (χ3v) is 7.92. The van der Waals surface area contributed by atoms with Crippen LogP contribution in [0.5, 0.6) is 0 Å². The van der Waals surface area contributed by atoms with Crippen LogP contribution in [0.25, 0.3) is 0 Å². The molecule has 5 nitrogen and oxygen atoms in total. The predicted molar refractivity (Wildman–Crippen MR) is 145 cm³/mol. The normalized spacial score (nSPS) is 12.1. The second kappa shape index (κ2) is 11.2. The fraction of sp³-hybridized carbons (Fsp3) is 0.107. The Hall–Kier alpha value is -3.32. The molecule has 8 heteroatoms. The van der Waals surface area contributed by atoms with Crippen LogP contribution >= 0.6 is 23.2 Å². The van der Waals surface area contributed by atoms with Gasteiger partial charge < -0.3 is 5.32 Å². The molecule has 0 saturated carbocycles. The van der Waals surface area contributed by atoms with E-state index in [-0.39, 0.29) is 20.6 Å². The van der Waals surface area contributed by atoms with Crippen LogP contribution in [0.15, 0.2) is 108 Å². The number of carbonyl (C=O) groups is 1. The number of halogens is 2. The molecule has 0 aliphatic heterocycles. The molecule has 1 amide bonds. The average molecular weight is 539 g/mol. The molecule has 4 aromatic carbocycles. The van der Waals surface area contributed by atoms with Gasteiger partial charge >= 0.3 is 0 Å². The number of benzene rings is 4. The average Bonchev–Trinajstić information content (AvgIpc) is 2.87. The van der Waals surface area contributed by atoms with Crippen LogP contribution in [0.2, 0.25) is 10.0 Å². The molecule has 4 rings (SSSR count). The van der Waals surface area contributed by atoms with E-state index in [0.29, 0.717) is 0 Å². The second-order valence-electron chi connectivity index (χ2n) is 8.22. The van der Waals surface area contributed by atoms with Gasteiger partial charge in [0.25, 0.3) is 10.0 Å². The number of anilines is 1. The van der Waals surface area contributed by atoms with Gasteiger partial charge in [-0.05, 0) is 53.9 Å². The highest BCUT2D eigenvalue weighted by molar-refractivity contribution is 7.92. The summed E-state index contributed by atoms with van der Waals surface area (Å²) in [4.78, 5) is 13.5. The minimum absolute atomic E-state index is 0.0485. The molecule has 36 heavy (non-hydrogen) atoms. The Bertz CT molecular complexity index is 1440. The Morgan fingerprint density at radius 2 is 1.39 bits per heavy atom. The Morgan fingerprint density at radius 3 is 2.00 bits per heavy atom. The quantitative estimate of drug-likeness (QED) is 0.282. The van der Waals surface area contributed by atoms with Crippen molar-refractivity contribution >= 4 is 44.8 Å². The van der Waals surface area contributed by atoms with E-state index >= 15 is 0 Å². The van der Waals surface area contributed by atoms with Crippen molar-refractivity contribution in [3.8, 4) is 0 Å². The molecule has 0 aliphatic carbocycles. The van der Waals surface area contributed by atoms with Gasteiger partial charge in [-0.25, -0.2) is 8.42 Å². The first-order chi connectivity index (χ1) is 17.3. The number of carbonyl (C=O) groups excluding carboxylic acids is 1. The Balaban J connectivity index is 1.72. The van der Waals surface area contributed by atoms with Crippen LogP contribution in [0.3, 0.4) is 0 Å². The Morgan fingerprint density at radius 1 is 0.833 bits per heavy atom. The molecule has 4 aromatic rings. The third kappa shape index (κ3) is 5.90. The first kappa shape index (κ1) is 25.8. The minimum atomic E-state index is -4.10. The number of amides is 1. The molecule has 1 N–H and O–H groups in total. The number of sulfonamides is 1. The van der Waals surface area contributed by atoms with Crippen LogP contribution < -0.4 is 9.62 Å². The predicted octanol–water partition coefficient (Wildman–Crippen LogP) is 6.40. The standard InChI is InChI=1S/C28H24Cl2N2O3S/c1-20-10-8-9-15-26(20)28(21-11-4-2-5-12-21)31-27(33)19-32(24-17-22(29)16-23(30)18-24)36(34,35)25-13-6-3-7-14-25/h2-18,28H,19H2,1H3,(H,31,33). The fourth-order valence-corrected chi connectivity index (χ4v) is 5.89. The monoisotopic (exact) mass is 538 g/mol. The number of rotatable bonds is 8. The van der Waals surface area contributed by atoms with E-state index in [1.807, 2.05) is 61.5 Å². The SMILES string of the molecule is Cc1ccccc1C(NC(=O)CN(c1cc(Cl)cc(Cl)c1)S(=O)(=O)c1ccccc1)c1ccccc1. The van der Waals surface area contributed by atoms with Crippen LogP contribution in [-0.2, 0) is 14.8 Å². The lowest BCUT2D eigenvalue weighted by molar-refractivity contribution is -0.120. The van der Waals surface area contributed by atoms with E-state index in [1.165, 1.54) is 30.3 Å². The van der Waals surface area contributed by atoms with Crippen molar-refractivity contribution < 1.29 is 13.2 Å². The molecule has 0 saturated heterocycles. The molecule has 1 unspecified atom stereocenters. The molecule has 0 radical (unpaired) electrons. The van der Waals surface area contributed by atoms with Gasteiger partial charge in [0.05, 0.1) is 16.6 Å². The zero-order valence-electron chi connectivity index (χ0n) is 19.4. The van der Waals surface area contributed by atoms with Gasteiger partial charge in [-0.1, -0.05) is 96.0 Å². The van der Waals surface area contributed by atoms with Crippen molar-refractivity contribution in [1.82, 2.24) is 5.32 Å². The summed E-state index contributed by atoms with van der Waals surface area (Å²) in [6, 6.07) is 29.2. The molecule has 184 valence electrons. The zero-order valence-corrected chi connectivity index (χ0v) is 21.8. The van der Waals surface area contributed by atoms with Crippen molar-refractivity contribution in [3.63, 3.8) is 0 Å². The van der Waals surface area contributed by atoms with Crippen molar-refractivity contribution in [2.45, 2.75) is 17.9 Å². The maximum atomic E-state index is 13.6. The number of nitrogens with one attached hydrogen (secondary N) is 1. The summed E-state index contributed by atoms with van der Waals surface area (Å²) in [5.41, 5.74) is 2.99. The lowest BCUT2D eigenvalue weighted by Crippen LogP contribution is -2.42. The molecule has 0 aliphatic rings. The lowest BCUT2D eigenvalue weighted by Gasteiger charge is -2.27. The van der Waals surface area contributed by atoms with E-state index in [1.54, 1.807) is 18.2 Å². The summed E-state index contributed by atoms with van der Waals surface area (Å²) in [7, 11) is -4.10. The molecule has 0 bridgehead atoms.